The number of fused-ring (bicyclic) bond motifs is 1. The predicted octanol–water partition coefficient (Wildman–Crippen LogP) is 3.79. The molecule has 0 saturated heterocycles. The van der Waals surface area contributed by atoms with E-state index in [9.17, 15) is 0 Å². The first-order valence-electron chi connectivity index (χ1n) is 10.6. The van der Waals surface area contributed by atoms with Gasteiger partial charge in [-0.25, -0.2) is 0 Å². The maximum absolute atomic E-state index is 4.42. The fraction of sp³-hybridized carbons (Fsp3) is 0.762. The Balaban J connectivity index is 0.00000392. The SMILES string of the molecule is CCN(CC)CCCC(C)NC(=NC)NCC(C)N1CCc2sccc2C1.I. The van der Waals surface area contributed by atoms with E-state index in [1.165, 1.54) is 31.4 Å². The third-order valence-electron chi connectivity index (χ3n) is 5.64. The second kappa shape index (κ2) is 13.8. The molecule has 1 aliphatic heterocycles. The molecule has 2 N–H and O–H groups in total. The van der Waals surface area contributed by atoms with Crippen LogP contribution in [0.5, 0.6) is 0 Å². The van der Waals surface area contributed by atoms with Crippen LogP contribution in [0.25, 0.3) is 0 Å². The zero-order valence-corrected chi connectivity index (χ0v) is 21.5. The second-order valence-corrected chi connectivity index (χ2v) is 8.61. The van der Waals surface area contributed by atoms with Gasteiger partial charge in [0.1, 0.15) is 0 Å². The topological polar surface area (TPSA) is 42.9 Å². The maximum atomic E-state index is 4.42. The van der Waals surface area contributed by atoms with Crippen LogP contribution in [-0.2, 0) is 13.0 Å². The highest BCUT2D eigenvalue weighted by Gasteiger charge is 2.21. The Morgan fingerprint density at radius 3 is 2.75 bits per heavy atom. The van der Waals surface area contributed by atoms with Gasteiger partial charge in [0, 0.05) is 43.6 Å². The first-order chi connectivity index (χ1) is 13.1. The van der Waals surface area contributed by atoms with Gasteiger partial charge >= 0.3 is 0 Å². The van der Waals surface area contributed by atoms with Crippen LogP contribution in [0.3, 0.4) is 0 Å². The van der Waals surface area contributed by atoms with Gasteiger partial charge < -0.3 is 15.5 Å². The minimum absolute atomic E-state index is 0. The van der Waals surface area contributed by atoms with E-state index in [2.05, 4.69) is 64.6 Å². The van der Waals surface area contributed by atoms with E-state index in [0.29, 0.717) is 12.1 Å². The third kappa shape index (κ3) is 8.16. The number of nitrogens with one attached hydrogen (secondary N) is 2. The molecule has 0 amide bonds. The summed E-state index contributed by atoms with van der Waals surface area (Å²) in [6.07, 6.45) is 3.58. The average molecular weight is 522 g/mol. The van der Waals surface area contributed by atoms with E-state index in [1.54, 1.807) is 4.88 Å². The van der Waals surface area contributed by atoms with Crippen LogP contribution >= 0.6 is 35.3 Å². The highest BCUT2D eigenvalue weighted by molar-refractivity contribution is 14.0. The molecule has 2 heterocycles. The number of rotatable bonds is 10. The predicted molar refractivity (Wildman–Crippen MR) is 134 cm³/mol. The summed E-state index contributed by atoms with van der Waals surface area (Å²) in [5.41, 5.74) is 1.52. The van der Waals surface area contributed by atoms with Gasteiger partial charge in [0.15, 0.2) is 5.96 Å². The monoisotopic (exact) mass is 521 g/mol. The van der Waals surface area contributed by atoms with Crippen LogP contribution in [-0.4, -0.2) is 67.6 Å². The Kier molecular flexibility index (Phi) is 12.6. The molecule has 0 spiro atoms. The average Bonchev–Trinajstić information content (AvgIpc) is 3.16. The standard InChI is InChI=1S/C21H39N5S.HI/c1-6-25(7-2)12-8-9-17(3)24-21(22-5)23-15-18(4)26-13-10-20-19(16-26)11-14-27-20;/h11,14,17-18H,6-10,12-13,15-16H2,1-5H3,(H2,22,23,24);1H. The first-order valence-corrected chi connectivity index (χ1v) is 11.4. The van der Waals surface area contributed by atoms with Crippen LogP contribution in [0.2, 0.25) is 0 Å². The molecule has 0 bridgehead atoms. The molecular weight excluding hydrogens is 481 g/mol. The van der Waals surface area contributed by atoms with E-state index < -0.39 is 0 Å². The van der Waals surface area contributed by atoms with Gasteiger partial charge in [-0.15, -0.1) is 35.3 Å². The number of hydrogen-bond donors (Lipinski definition) is 2. The van der Waals surface area contributed by atoms with Crippen molar-refractivity contribution in [3.63, 3.8) is 0 Å². The number of guanidine groups is 1. The van der Waals surface area contributed by atoms with E-state index in [0.717, 1.165) is 38.7 Å². The summed E-state index contributed by atoms with van der Waals surface area (Å²) in [7, 11) is 1.86. The van der Waals surface area contributed by atoms with Crippen LogP contribution in [0.1, 0.15) is 51.0 Å². The molecular formula is C21H40IN5S. The van der Waals surface area contributed by atoms with E-state index in [4.69, 9.17) is 0 Å². The normalized spacial score (nSPS) is 17.0. The molecule has 0 radical (unpaired) electrons. The molecule has 2 rings (SSSR count). The lowest BCUT2D eigenvalue weighted by Gasteiger charge is -2.33. The molecule has 7 heteroatoms. The molecule has 2 unspecified atom stereocenters. The number of hydrogen-bond acceptors (Lipinski definition) is 4. The molecule has 1 aliphatic rings. The smallest absolute Gasteiger partial charge is 0.191 e. The van der Waals surface area contributed by atoms with Gasteiger partial charge in [0.25, 0.3) is 0 Å². The highest BCUT2D eigenvalue weighted by Crippen LogP contribution is 2.24. The fourth-order valence-corrected chi connectivity index (χ4v) is 4.57. The van der Waals surface area contributed by atoms with Crippen molar-refractivity contribution in [2.75, 3.05) is 39.8 Å². The van der Waals surface area contributed by atoms with Crippen LogP contribution in [0, 0.1) is 0 Å². The molecule has 0 aromatic carbocycles. The van der Waals surface area contributed by atoms with Gasteiger partial charge in [-0.3, -0.25) is 9.89 Å². The molecule has 28 heavy (non-hydrogen) atoms. The quantitative estimate of drug-likeness (QED) is 0.280. The Labute approximate surface area is 193 Å². The number of thiophene rings is 1. The van der Waals surface area contributed by atoms with Gasteiger partial charge in [-0.2, -0.15) is 0 Å². The zero-order chi connectivity index (χ0) is 19.6. The molecule has 5 nitrogen and oxygen atoms in total. The first kappa shape index (κ1) is 25.7. The largest absolute Gasteiger partial charge is 0.355 e. The minimum atomic E-state index is 0. The molecule has 0 saturated carbocycles. The summed E-state index contributed by atoms with van der Waals surface area (Å²) in [5.74, 6) is 0.922. The van der Waals surface area contributed by atoms with Gasteiger partial charge in [0.05, 0.1) is 0 Å². The van der Waals surface area contributed by atoms with Crippen molar-refractivity contribution in [1.29, 1.82) is 0 Å². The van der Waals surface area contributed by atoms with Crippen molar-refractivity contribution in [1.82, 2.24) is 20.4 Å². The molecule has 162 valence electrons. The van der Waals surface area contributed by atoms with Crippen molar-refractivity contribution < 1.29 is 0 Å². The Hall–Kier alpha value is -0.380. The molecule has 0 fully saturated rings. The van der Waals surface area contributed by atoms with Crippen LogP contribution < -0.4 is 10.6 Å². The number of aliphatic imine (C=N–C) groups is 1. The summed E-state index contributed by atoms with van der Waals surface area (Å²) in [5, 5.41) is 9.30. The highest BCUT2D eigenvalue weighted by atomic mass is 127. The maximum Gasteiger partial charge on any atom is 0.191 e. The zero-order valence-electron chi connectivity index (χ0n) is 18.3. The van der Waals surface area contributed by atoms with Crippen LogP contribution in [0.4, 0.5) is 0 Å². The summed E-state index contributed by atoms with van der Waals surface area (Å²) in [6.45, 7) is 15.7. The fourth-order valence-electron chi connectivity index (χ4n) is 3.68. The lowest BCUT2D eigenvalue weighted by Crippen LogP contribution is -2.48. The molecule has 1 aromatic heterocycles. The van der Waals surface area contributed by atoms with Crippen molar-refractivity contribution in [3.05, 3.63) is 21.9 Å². The minimum Gasteiger partial charge on any atom is -0.355 e. The lowest BCUT2D eigenvalue weighted by molar-refractivity contribution is 0.192. The summed E-state index contributed by atoms with van der Waals surface area (Å²) in [6, 6.07) is 3.21. The van der Waals surface area contributed by atoms with E-state index in [1.807, 2.05) is 18.4 Å². The molecule has 2 atom stereocenters. The van der Waals surface area contributed by atoms with Gasteiger partial charge in [-0.05, 0) is 69.8 Å². The third-order valence-corrected chi connectivity index (χ3v) is 6.66. The number of nitrogens with zero attached hydrogens (tertiary/aromatic N) is 3. The molecule has 1 aromatic rings. The Bertz CT molecular complexity index is 573. The lowest BCUT2D eigenvalue weighted by atomic mass is 10.1. The van der Waals surface area contributed by atoms with Gasteiger partial charge in [0.2, 0.25) is 0 Å². The summed E-state index contributed by atoms with van der Waals surface area (Å²) >= 11 is 1.90. The van der Waals surface area contributed by atoms with Crippen molar-refractivity contribution >= 4 is 41.3 Å². The Morgan fingerprint density at radius 1 is 1.32 bits per heavy atom. The van der Waals surface area contributed by atoms with Crippen LogP contribution in [0.15, 0.2) is 16.4 Å². The van der Waals surface area contributed by atoms with Crippen molar-refractivity contribution in [2.45, 2.75) is 65.6 Å². The van der Waals surface area contributed by atoms with E-state index in [-0.39, 0.29) is 24.0 Å². The van der Waals surface area contributed by atoms with Crippen molar-refractivity contribution in [2.24, 2.45) is 4.99 Å². The van der Waals surface area contributed by atoms with E-state index >= 15 is 0 Å². The summed E-state index contributed by atoms with van der Waals surface area (Å²) < 4.78 is 0. The molecule has 0 aliphatic carbocycles. The second-order valence-electron chi connectivity index (χ2n) is 7.61. The Morgan fingerprint density at radius 2 is 2.07 bits per heavy atom. The van der Waals surface area contributed by atoms with Crippen molar-refractivity contribution in [3.8, 4) is 0 Å². The van der Waals surface area contributed by atoms with Gasteiger partial charge in [-0.1, -0.05) is 13.8 Å². The summed E-state index contributed by atoms with van der Waals surface area (Å²) in [4.78, 5) is 11.0. The number of halogens is 1.